The van der Waals surface area contributed by atoms with Gasteiger partial charge in [-0.05, 0) is 310 Å². The number of esters is 2. The summed E-state index contributed by atoms with van der Waals surface area (Å²) >= 11 is 10.4. The van der Waals surface area contributed by atoms with Crippen molar-refractivity contribution in [3.63, 3.8) is 0 Å². The molecule has 15 rings (SSSR count). The van der Waals surface area contributed by atoms with Crippen LogP contribution in [0.3, 0.4) is 0 Å². The number of thiol groups is 1. The molecule has 28 nitrogen and oxygen atoms in total. The molecule has 9 aliphatic heterocycles. The third-order valence-electron chi connectivity index (χ3n) is 25.8. The zero-order valence-electron chi connectivity index (χ0n) is 82.7. The Hall–Kier alpha value is -6.95. The number of carbonyl (C=O) groups excluding carboxylic acids is 2. The molecule has 3 fully saturated rings. The Morgan fingerprint density at radius 3 is 1.18 bits per heavy atom. The molecule has 724 valence electrons. The molecular formula is C101H138B2Br2KLiN14O14S. The van der Waals surface area contributed by atoms with Crippen LogP contribution in [0.1, 0.15) is 260 Å². The van der Waals surface area contributed by atoms with Crippen LogP contribution in [0.5, 0.6) is 0 Å². The van der Waals surface area contributed by atoms with Crippen molar-refractivity contribution in [2.75, 3.05) is 129 Å². The number of methoxy groups -OCH3 is 2. The molecular weight excluding hydrogens is 1890 g/mol. The van der Waals surface area contributed by atoms with Gasteiger partial charge in [0.2, 0.25) is 0 Å². The van der Waals surface area contributed by atoms with E-state index in [1.54, 1.807) is 36.4 Å². The van der Waals surface area contributed by atoms with E-state index in [4.69, 9.17) is 59.5 Å². The third-order valence-corrected chi connectivity index (χ3v) is 27.0. The minimum absolute atomic E-state index is 0. The molecule has 0 aliphatic carbocycles. The topological polar surface area (TPSA) is 396 Å². The van der Waals surface area contributed by atoms with Gasteiger partial charge in [-0.15, -0.1) is 0 Å². The number of nitrogens with two attached hydrogens (primary N) is 1. The van der Waals surface area contributed by atoms with Gasteiger partial charge in [0.25, 0.3) is 0 Å². The van der Waals surface area contributed by atoms with E-state index in [2.05, 4.69) is 239 Å². The molecule has 6 aromatic carbocycles. The molecule has 0 saturated carbocycles. The number of anilines is 6. The maximum absolute atomic E-state index is 12.1. The Morgan fingerprint density at radius 2 is 0.824 bits per heavy atom. The summed E-state index contributed by atoms with van der Waals surface area (Å²) in [7, 11) is 7.14. The standard InChI is InChI=1S/C19H25BrN2O2.C19H26BrNO4.C19H26N2O2.C15H18N2O2.C14H16N2O2.C14H18N2O.CH4.BHNS.B.K.Li.H3N2.H2O/c1-13(2)22-11-19(3,12-24-17-6-4-5-7-23-17)15-8-14(10-21)9-16(20)18(15)22;1-12(2)21-10-19(3,11-25-16-6-4-5-7-24-16)14-8-13(18(22)23)9-15(20)17(14)21;1-14(2)21-12-19(3,13-23-18-6-4-5-9-22-18)16-10-15(11-20)7-8-17(16)21;1-10(2)17-9-15(3,14(18)19-4)12-7-11(8-16)5-6-13(12)17;1-9(2)16-8-12(14(17)18-3)11-6-10(7-15)4-5-13(11)16;1-10(2)16-8-14(3,9-17)12-6-11(7-15)4-5-13(12)16;;1-2-3;;;;1-2;/h8-9,13,17H,4-7,11-12H2,1-3H3;8-9,12,16H,4-7,10-11H2,1-3H3,(H,22,23);7-8,10,14,18H,4-6,9,12-13H2,1-3H3;5-7,10H,9H2,1-4H3;4-6,9,12H,8H2,1-3H3;4-6,10,17H,8-9H2,1-3H3;1H4;3H;;;;1H,2H2;1H2/q;;;;;;;;;2*+1;-1;/p-1. The summed E-state index contributed by atoms with van der Waals surface area (Å²) in [4.78, 5) is 49.2. The van der Waals surface area contributed by atoms with Gasteiger partial charge in [0.05, 0.1) is 116 Å². The first-order chi connectivity index (χ1) is 62.2. The van der Waals surface area contributed by atoms with Crippen molar-refractivity contribution in [3.05, 3.63) is 179 Å². The summed E-state index contributed by atoms with van der Waals surface area (Å²) in [5.41, 5.74) is 15.0. The number of carboxylic acids is 1. The molecule has 9 heterocycles. The van der Waals surface area contributed by atoms with Crippen molar-refractivity contribution in [1.82, 2.24) is 0 Å². The van der Waals surface area contributed by atoms with Gasteiger partial charge in [-0.1, -0.05) is 35.1 Å². The third kappa shape index (κ3) is 29.6. The van der Waals surface area contributed by atoms with Gasteiger partial charge in [0.1, 0.15) is 11.3 Å². The van der Waals surface area contributed by atoms with Crippen molar-refractivity contribution >= 4 is 113 Å². The summed E-state index contributed by atoms with van der Waals surface area (Å²) in [5, 5.41) is 64.6. The number of aromatic carboxylic acids is 1. The summed E-state index contributed by atoms with van der Waals surface area (Å²) in [6.45, 7) is 45.1. The number of benzene rings is 6. The number of nitriles is 5. The Bertz CT molecular complexity index is 5180. The molecule has 3 saturated heterocycles. The first-order valence-corrected chi connectivity index (χ1v) is 47.1. The molecule has 0 amide bonds. The molecule has 9 atom stereocenters. The maximum Gasteiger partial charge on any atom is 1.00 e. The number of aliphatic hydroxyl groups excluding tert-OH is 1. The van der Waals surface area contributed by atoms with Gasteiger partial charge in [0.15, 0.2) is 18.9 Å². The Balaban J connectivity index is 0.000000415. The number of hydrogen-bond donors (Lipinski definition) is 4. The van der Waals surface area contributed by atoms with E-state index >= 15 is 0 Å². The molecule has 0 bridgehead atoms. The van der Waals surface area contributed by atoms with Gasteiger partial charge < -0.3 is 94.7 Å². The molecule has 9 aliphatic rings. The minimum atomic E-state index is -0.912. The number of rotatable bonds is 19. The number of fused-ring (bicyclic) bond motifs is 6. The van der Waals surface area contributed by atoms with Crippen molar-refractivity contribution in [3.8, 4) is 30.3 Å². The molecule has 136 heavy (non-hydrogen) atoms. The number of hydrogen-bond acceptors (Lipinski definition) is 27. The van der Waals surface area contributed by atoms with Crippen LogP contribution in [0, 0.1) is 56.7 Å². The van der Waals surface area contributed by atoms with Crippen molar-refractivity contribution in [1.29, 1.82) is 26.3 Å². The Morgan fingerprint density at radius 1 is 0.500 bits per heavy atom. The van der Waals surface area contributed by atoms with Crippen LogP contribution in [0.15, 0.2) is 110 Å². The van der Waals surface area contributed by atoms with E-state index in [1.165, 1.54) is 49.6 Å². The van der Waals surface area contributed by atoms with Crippen LogP contribution in [0.2, 0.25) is 0 Å². The van der Waals surface area contributed by atoms with Crippen molar-refractivity contribution in [2.45, 2.75) is 271 Å². The number of halogens is 2. The van der Waals surface area contributed by atoms with Gasteiger partial charge in [-0.2, -0.15) is 26.3 Å². The predicted octanol–water partition coefficient (Wildman–Crippen LogP) is 12.6. The molecule has 35 heteroatoms. The first kappa shape index (κ1) is 123. The van der Waals surface area contributed by atoms with E-state index in [0.29, 0.717) is 90.9 Å². The van der Waals surface area contributed by atoms with Crippen LogP contribution < -0.4 is 105 Å². The number of nitrogens with one attached hydrogen (secondary N) is 1. The van der Waals surface area contributed by atoms with Crippen LogP contribution in [-0.4, -0.2) is 205 Å². The predicted molar refractivity (Wildman–Crippen MR) is 539 cm³/mol. The van der Waals surface area contributed by atoms with Crippen LogP contribution in [0.25, 0.3) is 5.84 Å². The maximum atomic E-state index is 12.1. The number of nitrogens with zero attached hydrogens (tertiary/aromatic N) is 12. The summed E-state index contributed by atoms with van der Waals surface area (Å²) in [5.74, 6) is 7.30. The van der Waals surface area contributed by atoms with Gasteiger partial charge in [0, 0.05) is 157 Å². The molecule has 4 radical (unpaired) electrons. The SMILES string of the molecule is C.CC(C)N1CC(C)(CO)c2cc(C#N)ccc21.CC(C)N1CC(C)(COC2CCCCO2)c2cc(C#N)cc(Br)c21.CC(C)N1CC(C)(COC2CCCCO2)c2cc(C#N)ccc21.CC(C)N1CC(C)(COC2CCCCO2)c2cc(C(=O)O)cc(Br)c21.COC(=O)C1(C)CN(C(C)C)c2ccc(C#N)cc21.COC(=O)C1CN(C(C)C)c2ccc(C#N)cc21.[B].[B]=NS.[K+].[Li+].[NH-]N.[OH-]. The minimum Gasteiger partial charge on any atom is -0.870 e. The average Bonchev–Trinajstić information content (AvgIpc) is 1.60. The van der Waals surface area contributed by atoms with Crippen LogP contribution in [-0.2, 0) is 74.6 Å². The Kier molecular flexibility index (Phi) is 50.8. The monoisotopic (exact) mass is 2030 g/mol. The zero-order chi connectivity index (χ0) is 96.8. The van der Waals surface area contributed by atoms with Gasteiger partial charge in [-0.3, -0.25) is 9.59 Å². The summed E-state index contributed by atoms with van der Waals surface area (Å²) in [6, 6.07) is 43.2. The number of carboxylic acid groups (broad SMARTS) is 1. The largest absolute Gasteiger partial charge is 1.00 e. The zero-order valence-corrected chi connectivity index (χ0v) is 89.9. The second kappa shape index (κ2) is 56.0. The molecule has 6 aromatic rings. The quantitative estimate of drug-likeness (QED) is 0.0192. The average molecular weight is 2030 g/mol. The normalized spacial score (nSPS) is 22.3. The molecule has 9 unspecified atom stereocenters. The van der Waals surface area contributed by atoms with E-state index in [9.17, 15) is 35.1 Å². The second-order valence-corrected chi connectivity index (χ2v) is 39.6. The van der Waals surface area contributed by atoms with E-state index in [0.717, 1.165) is 150 Å². The fourth-order valence-corrected chi connectivity index (χ4v) is 19.8. The van der Waals surface area contributed by atoms with E-state index < -0.39 is 11.4 Å². The van der Waals surface area contributed by atoms with E-state index in [1.807, 2.05) is 61.5 Å². The second-order valence-electron chi connectivity index (χ2n) is 37.6. The fourth-order valence-electron chi connectivity index (χ4n) is 18.5. The number of carbonyl (C=O) groups is 3. The van der Waals surface area contributed by atoms with Gasteiger partial charge in [-0.25, -0.2) is 4.79 Å². The van der Waals surface area contributed by atoms with E-state index in [-0.39, 0.29) is 163 Å². The van der Waals surface area contributed by atoms with Crippen molar-refractivity contribution < 1.29 is 138 Å². The summed E-state index contributed by atoms with van der Waals surface area (Å²) < 4.78 is 49.7. The van der Waals surface area contributed by atoms with Gasteiger partial charge >= 0.3 is 113 Å². The number of ether oxygens (including phenoxy) is 8. The van der Waals surface area contributed by atoms with Crippen molar-refractivity contribution in [2.24, 2.45) is 10.1 Å². The van der Waals surface area contributed by atoms with Crippen LogP contribution >= 0.6 is 44.7 Å². The smallest absolute Gasteiger partial charge is 0.870 e. The molecule has 0 aromatic heterocycles. The first-order valence-electron chi connectivity index (χ1n) is 45.1. The molecule has 6 N–H and O–H groups in total. The Labute approximate surface area is 888 Å². The van der Waals surface area contributed by atoms with Crippen LogP contribution in [0.4, 0.5) is 34.1 Å². The molecule has 0 spiro atoms. The summed E-state index contributed by atoms with van der Waals surface area (Å²) in [6.07, 6.45) is 9.39. The number of aliphatic hydroxyl groups is 1. The fraction of sp³-hybridized carbons (Fsp3) is 0.564.